The third-order valence-electron chi connectivity index (χ3n) is 4.23. The maximum atomic E-state index is 5.73. The van der Waals surface area contributed by atoms with Gasteiger partial charge in [0.2, 0.25) is 0 Å². The van der Waals surface area contributed by atoms with Gasteiger partial charge in [-0.25, -0.2) is 0 Å². The summed E-state index contributed by atoms with van der Waals surface area (Å²) in [6.45, 7) is 6.02. The Kier molecular flexibility index (Phi) is 4.53. The van der Waals surface area contributed by atoms with E-state index in [4.69, 9.17) is 4.74 Å². The summed E-state index contributed by atoms with van der Waals surface area (Å²) < 4.78 is 5.73. The Bertz CT molecular complexity index is 425. The molecule has 1 aromatic rings. The molecule has 1 saturated carbocycles. The lowest BCUT2D eigenvalue weighted by Crippen LogP contribution is -2.37. The Balaban J connectivity index is 1.61. The molecule has 0 radical (unpaired) electrons. The summed E-state index contributed by atoms with van der Waals surface area (Å²) in [4.78, 5) is 6.78. The first-order valence-electron chi connectivity index (χ1n) is 7.89. The monoisotopic (exact) mass is 275 g/mol. The SMILES string of the molecule is CCOC1CCN(c2cnccc2CNC2CC2)CC1. The van der Waals surface area contributed by atoms with Gasteiger partial charge in [-0.3, -0.25) is 4.98 Å². The number of anilines is 1. The van der Waals surface area contributed by atoms with E-state index in [1.165, 1.54) is 24.1 Å². The molecular formula is C16H25N3O. The Labute approximate surface area is 121 Å². The smallest absolute Gasteiger partial charge is 0.0608 e. The highest BCUT2D eigenvalue weighted by Crippen LogP contribution is 2.26. The molecule has 1 aromatic heterocycles. The molecule has 2 fully saturated rings. The van der Waals surface area contributed by atoms with Crippen LogP contribution in [0.2, 0.25) is 0 Å². The van der Waals surface area contributed by atoms with Crippen LogP contribution >= 0.6 is 0 Å². The van der Waals surface area contributed by atoms with E-state index in [0.717, 1.165) is 45.1 Å². The fraction of sp³-hybridized carbons (Fsp3) is 0.688. The van der Waals surface area contributed by atoms with Crippen molar-refractivity contribution in [1.29, 1.82) is 0 Å². The standard InChI is InChI=1S/C16H25N3O/c1-2-20-15-6-9-19(10-7-15)16-12-17-8-5-13(16)11-18-14-3-4-14/h5,8,12,14-15,18H,2-4,6-7,9-11H2,1H3. The van der Waals surface area contributed by atoms with Crippen molar-refractivity contribution in [1.82, 2.24) is 10.3 Å². The highest BCUT2D eigenvalue weighted by atomic mass is 16.5. The summed E-state index contributed by atoms with van der Waals surface area (Å²) in [5.41, 5.74) is 2.68. The largest absolute Gasteiger partial charge is 0.378 e. The molecular weight excluding hydrogens is 250 g/mol. The molecule has 0 bridgehead atoms. The molecule has 0 amide bonds. The molecule has 2 aliphatic rings. The van der Waals surface area contributed by atoms with Gasteiger partial charge in [0.05, 0.1) is 18.0 Å². The molecule has 20 heavy (non-hydrogen) atoms. The van der Waals surface area contributed by atoms with E-state index in [-0.39, 0.29) is 0 Å². The predicted octanol–water partition coefficient (Wildman–Crippen LogP) is 2.34. The number of piperidine rings is 1. The number of aromatic nitrogens is 1. The van der Waals surface area contributed by atoms with Crippen molar-refractivity contribution < 1.29 is 4.74 Å². The van der Waals surface area contributed by atoms with Crippen molar-refractivity contribution in [3.05, 3.63) is 24.0 Å². The summed E-state index contributed by atoms with van der Waals surface area (Å²) in [6.07, 6.45) is 9.28. The lowest BCUT2D eigenvalue weighted by Gasteiger charge is -2.34. The molecule has 1 N–H and O–H groups in total. The number of ether oxygens (including phenoxy) is 1. The normalized spacial score (nSPS) is 20.4. The highest BCUT2D eigenvalue weighted by molar-refractivity contribution is 5.52. The van der Waals surface area contributed by atoms with Crippen molar-refractivity contribution in [3.63, 3.8) is 0 Å². The molecule has 0 atom stereocenters. The van der Waals surface area contributed by atoms with Crippen LogP contribution in [0, 0.1) is 0 Å². The zero-order valence-corrected chi connectivity index (χ0v) is 12.3. The van der Waals surface area contributed by atoms with Crippen molar-refractivity contribution in [2.24, 2.45) is 0 Å². The van der Waals surface area contributed by atoms with Gasteiger partial charge in [-0.05, 0) is 44.2 Å². The van der Waals surface area contributed by atoms with Crippen molar-refractivity contribution >= 4 is 5.69 Å². The van der Waals surface area contributed by atoms with Gasteiger partial charge in [0.25, 0.3) is 0 Å². The molecule has 0 aromatic carbocycles. The van der Waals surface area contributed by atoms with Crippen LogP contribution in [-0.2, 0) is 11.3 Å². The Hall–Kier alpha value is -1.13. The third kappa shape index (κ3) is 3.49. The van der Waals surface area contributed by atoms with Gasteiger partial charge in [-0.2, -0.15) is 0 Å². The first kappa shape index (κ1) is 13.8. The molecule has 0 spiro atoms. The van der Waals surface area contributed by atoms with Gasteiger partial charge < -0.3 is 15.0 Å². The van der Waals surface area contributed by atoms with E-state index in [0.29, 0.717) is 6.10 Å². The molecule has 4 heteroatoms. The topological polar surface area (TPSA) is 37.4 Å². The third-order valence-corrected chi connectivity index (χ3v) is 4.23. The molecule has 1 aliphatic carbocycles. The number of pyridine rings is 1. The lowest BCUT2D eigenvalue weighted by molar-refractivity contribution is 0.0459. The molecule has 2 heterocycles. The van der Waals surface area contributed by atoms with Crippen LogP contribution in [-0.4, -0.2) is 36.8 Å². The predicted molar refractivity (Wildman–Crippen MR) is 81.0 cm³/mol. The Morgan fingerprint density at radius 3 is 2.80 bits per heavy atom. The molecule has 4 nitrogen and oxygen atoms in total. The van der Waals surface area contributed by atoms with Gasteiger partial charge in [0.15, 0.2) is 0 Å². The van der Waals surface area contributed by atoms with Crippen LogP contribution in [0.1, 0.15) is 38.2 Å². The van der Waals surface area contributed by atoms with Crippen LogP contribution in [0.3, 0.4) is 0 Å². The highest BCUT2D eigenvalue weighted by Gasteiger charge is 2.23. The van der Waals surface area contributed by atoms with Crippen LogP contribution < -0.4 is 10.2 Å². The number of hydrogen-bond donors (Lipinski definition) is 1. The molecule has 1 saturated heterocycles. The van der Waals surface area contributed by atoms with Crippen molar-refractivity contribution in [2.45, 2.75) is 51.3 Å². The number of rotatable bonds is 6. The zero-order valence-electron chi connectivity index (χ0n) is 12.3. The van der Waals surface area contributed by atoms with E-state index in [2.05, 4.69) is 28.2 Å². The second kappa shape index (κ2) is 6.55. The van der Waals surface area contributed by atoms with Gasteiger partial charge in [-0.1, -0.05) is 0 Å². The minimum absolute atomic E-state index is 0.445. The zero-order chi connectivity index (χ0) is 13.8. The van der Waals surface area contributed by atoms with E-state index >= 15 is 0 Å². The average Bonchev–Trinajstić information content (AvgIpc) is 3.31. The van der Waals surface area contributed by atoms with E-state index in [9.17, 15) is 0 Å². The van der Waals surface area contributed by atoms with E-state index in [1.54, 1.807) is 0 Å². The fourth-order valence-electron chi connectivity index (χ4n) is 2.89. The van der Waals surface area contributed by atoms with Gasteiger partial charge in [0, 0.05) is 38.5 Å². The lowest BCUT2D eigenvalue weighted by atomic mass is 10.1. The molecule has 110 valence electrons. The minimum Gasteiger partial charge on any atom is -0.378 e. The molecule has 0 unspecified atom stereocenters. The fourth-order valence-corrected chi connectivity index (χ4v) is 2.89. The Morgan fingerprint density at radius 2 is 2.10 bits per heavy atom. The molecule has 3 rings (SSSR count). The number of hydrogen-bond acceptors (Lipinski definition) is 4. The van der Waals surface area contributed by atoms with E-state index < -0.39 is 0 Å². The number of nitrogens with zero attached hydrogens (tertiary/aromatic N) is 2. The maximum Gasteiger partial charge on any atom is 0.0608 e. The van der Waals surface area contributed by atoms with E-state index in [1.807, 2.05) is 12.4 Å². The van der Waals surface area contributed by atoms with Crippen molar-refractivity contribution in [3.8, 4) is 0 Å². The summed E-state index contributed by atoms with van der Waals surface area (Å²) >= 11 is 0. The second-order valence-electron chi connectivity index (χ2n) is 5.80. The van der Waals surface area contributed by atoms with Crippen LogP contribution in [0.15, 0.2) is 18.5 Å². The van der Waals surface area contributed by atoms with Crippen molar-refractivity contribution in [2.75, 3.05) is 24.6 Å². The number of nitrogens with one attached hydrogen (secondary N) is 1. The molecule has 1 aliphatic heterocycles. The first-order valence-corrected chi connectivity index (χ1v) is 7.89. The van der Waals surface area contributed by atoms with Crippen LogP contribution in [0.25, 0.3) is 0 Å². The van der Waals surface area contributed by atoms with Gasteiger partial charge >= 0.3 is 0 Å². The van der Waals surface area contributed by atoms with Gasteiger partial charge in [0.1, 0.15) is 0 Å². The summed E-state index contributed by atoms with van der Waals surface area (Å²) in [5, 5.41) is 3.60. The average molecular weight is 275 g/mol. The summed E-state index contributed by atoms with van der Waals surface area (Å²) in [6, 6.07) is 2.90. The second-order valence-corrected chi connectivity index (χ2v) is 5.80. The Morgan fingerprint density at radius 1 is 1.30 bits per heavy atom. The maximum absolute atomic E-state index is 5.73. The summed E-state index contributed by atoms with van der Waals surface area (Å²) in [7, 11) is 0. The van der Waals surface area contributed by atoms with Crippen LogP contribution in [0.5, 0.6) is 0 Å². The van der Waals surface area contributed by atoms with Gasteiger partial charge in [-0.15, -0.1) is 0 Å². The first-order chi connectivity index (χ1) is 9.86. The quantitative estimate of drug-likeness (QED) is 0.864. The van der Waals surface area contributed by atoms with Crippen LogP contribution in [0.4, 0.5) is 5.69 Å². The minimum atomic E-state index is 0.445. The summed E-state index contributed by atoms with van der Waals surface area (Å²) in [5.74, 6) is 0.